The highest BCUT2D eigenvalue weighted by atomic mass is 16.5. The van der Waals surface area contributed by atoms with E-state index < -0.39 is 0 Å². The van der Waals surface area contributed by atoms with Crippen molar-refractivity contribution in [2.24, 2.45) is 4.99 Å². The van der Waals surface area contributed by atoms with Crippen molar-refractivity contribution in [2.45, 2.75) is 19.4 Å². The Kier molecular flexibility index (Phi) is 6.79. The van der Waals surface area contributed by atoms with Crippen LogP contribution >= 0.6 is 0 Å². The van der Waals surface area contributed by atoms with E-state index >= 15 is 0 Å². The minimum absolute atomic E-state index is 0.0932. The zero-order chi connectivity index (χ0) is 18.2. The molecule has 0 aromatic carbocycles. The number of pyridine rings is 1. The molecule has 2 N–H and O–H groups in total. The number of nitrogens with one attached hydrogen (secondary N) is 2. The number of rotatable bonds is 5. The predicted octanol–water partition coefficient (Wildman–Crippen LogP) is 0.392. The third kappa shape index (κ3) is 5.15. The van der Waals surface area contributed by atoms with Crippen molar-refractivity contribution in [1.29, 1.82) is 0 Å². The van der Waals surface area contributed by atoms with Gasteiger partial charge in [0.05, 0.1) is 25.1 Å². The van der Waals surface area contributed by atoms with E-state index in [1.807, 2.05) is 13.0 Å². The summed E-state index contributed by atoms with van der Waals surface area (Å²) in [5.74, 6) is 0.668. The summed E-state index contributed by atoms with van der Waals surface area (Å²) in [5, 5.41) is 6.12. The molecule has 142 valence electrons. The van der Waals surface area contributed by atoms with E-state index in [9.17, 15) is 4.79 Å². The number of ether oxygens (including phenoxy) is 1. The second kappa shape index (κ2) is 9.49. The Morgan fingerprint density at radius 3 is 2.96 bits per heavy atom. The van der Waals surface area contributed by atoms with Crippen molar-refractivity contribution in [3.8, 4) is 0 Å². The fourth-order valence-electron chi connectivity index (χ4n) is 3.38. The molecule has 3 rings (SSSR count). The van der Waals surface area contributed by atoms with Crippen molar-refractivity contribution in [3.05, 3.63) is 24.5 Å². The van der Waals surface area contributed by atoms with Crippen molar-refractivity contribution < 1.29 is 9.53 Å². The first kappa shape index (κ1) is 18.6. The van der Waals surface area contributed by atoms with Crippen molar-refractivity contribution in [1.82, 2.24) is 20.1 Å². The molecule has 0 aliphatic carbocycles. The molecule has 26 heavy (non-hydrogen) atoms. The van der Waals surface area contributed by atoms with Crippen LogP contribution in [0.3, 0.4) is 0 Å². The van der Waals surface area contributed by atoms with Crippen LogP contribution in [0.2, 0.25) is 0 Å². The first-order chi connectivity index (χ1) is 12.8. The van der Waals surface area contributed by atoms with Crippen molar-refractivity contribution in [3.63, 3.8) is 0 Å². The Hall–Kier alpha value is -2.19. The molecule has 8 nitrogen and oxygen atoms in total. The first-order valence-corrected chi connectivity index (χ1v) is 9.31. The van der Waals surface area contributed by atoms with Crippen LogP contribution < -0.4 is 10.6 Å². The second-order valence-corrected chi connectivity index (χ2v) is 6.50. The van der Waals surface area contributed by atoms with E-state index in [2.05, 4.69) is 30.4 Å². The van der Waals surface area contributed by atoms with Gasteiger partial charge in [-0.25, -0.2) is 4.99 Å². The second-order valence-electron chi connectivity index (χ2n) is 6.50. The number of guanidine groups is 1. The van der Waals surface area contributed by atoms with E-state index in [-0.39, 0.29) is 12.5 Å². The van der Waals surface area contributed by atoms with Gasteiger partial charge in [0, 0.05) is 45.0 Å². The Morgan fingerprint density at radius 2 is 2.23 bits per heavy atom. The minimum Gasteiger partial charge on any atom is -0.379 e. The maximum Gasteiger partial charge on any atom is 0.246 e. The monoisotopic (exact) mass is 360 g/mol. The maximum atomic E-state index is 12.1. The number of hydrogen-bond donors (Lipinski definition) is 2. The lowest BCUT2D eigenvalue weighted by molar-refractivity contribution is -0.114. The summed E-state index contributed by atoms with van der Waals surface area (Å²) in [7, 11) is 0. The number of likely N-dealkylation sites (tertiary alicyclic amines) is 1. The van der Waals surface area contributed by atoms with Gasteiger partial charge in [0.25, 0.3) is 0 Å². The van der Waals surface area contributed by atoms with Crippen LogP contribution in [0.4, 0.5) is 5.69 Å². The molecule has 0 bridgehead atoms. The molecule has 2 fully saturated rings. The number of carbonyl (C=O) groups excluding carboxylic acids is 1. The minimum atomic E-state index is -0.141. The number of aliphatic imine (C=N–C) groups is 1. The Labute approximate surface area is 154 Å². The largest absolute Gasteiger partial charge is 0.379 e. The highest BCUT2D eigenvalue weighted by Gasteiger charge is 2.30. The Morgan fingerprint density at radius 1 is 1.38 bits per heavy atom. The van der Waals surface area contributed by atoms with Crippen LogP contribution in [0.1, 0.15) is 13.3 Å². The summed E-state index contributed by atoms with van der Waals surface area (Å²) in [5.41, 5.74) is 0.686. The standard InChI is InChI=1S/C18H28N6O2/c1-2-20-18(21-13-17(25)22-15-4-3-6-19-12-15)24-7-5-16(14-24)23-8-10-26-11-9-23/h3-4,6,12,16H,2,5,7-11,13-14H2,1H3,(H,20,21)(H,22,25). The lowest BCUT2D eigenvalue weighted by atomic mass is 10.2. The smallest absolute Gasteiger partial charge is 0.246 e. The van der Waals surface area contributed by atoms with Gasteiger partial charge in [-0.15, -0.1) is 0 Å². The zero-order valence-electron chi connectivity index (χ0n) is 15.4. The van der Waals surface area contributed by atoms with Crippen LogP contribution in [-0.4, -0.2) is 85.2 Å². The molecule has 2 saturated heterocycles. The van der Waals surface area contributed by atoms with E-state index in [0.717, 1.165) is 58.3 Å². The summed E-state index contributed by atoms with van der Waals surface area (Å²) in [4.78, 5) is 25.4. The fourth-order valence-corrected chi connectivity index (χ4v) is 3.38. The Bertz CT molecular complexity index is 603. The van der Waals surface area contributed by atoms with Crippen LogP contribution in [-0.2, 0) is 9.53 Å². The van der Waals surface area contributed by atoms with Crippen LogP contribution in [0.5, 0.6) is 0 Å². The molecule has 1 aromatic heterocycles. The summed E-state index contributed by atoms with van der Waals surface area (Å²) in [6.07, 6.45) is 4.42. The zero-order valence-corrected chi connectivity index (χ0v) is 15.4. The molecule has 1 unspecified atom stereocenters. The molecule has 1 aromatic rings. The predicted molar refractivity (Wildman–Crippen MR) is 101 cm³/mol. The molecule has 3 heterocycles. The Balaban J connectivity index is 1.54. The average molecular weight is 360 g/mol. The molecule has 2 aliphatic rings. The van der Waals surface area contributed by atoms with E-state index in [4.69, 9.17) is 4.74 Å². The van der Waals surface area contributed by atoms with Crippen LogP contribution in [0.25, 0.3) is 0 Å². The van der Waals surface area contributed by atoms with Crippen LogP contribution in [0.15, 0.2) is 29.5 Å². The SMILES string of the molecule is CCNC(=NCC(=O)Nc1cccnc1)N1CCC(N2CCOCC2)C1. The normalized spacial score (nSPS) is 21.7. The fraction of sp³-hybridized carbons (Fsp3) is 0.611. The quantitative estimate of drug-likeness (QED) is 0.584. The van der Waals surface area contributed by atoms with Crippen molar-refractivity contribution >= 4 is 17.6 Å². The molecule has 0 saturated carbocycles. The molecule has 0 radical (unpaired) electrons. The summed E-state index contributed by atoms with van der Waals surface area (Å²) >= 11 is 0. The number of anilines is 1. The topological polar surface area (TPSA) is 82.1 Å². The third-order valence-electron chi connectivity index (χ3n) is 4.68. The van der Waals surface area contributed by atoms with Gasteiger partial charge in [0.2, 0.25) is 5.91 Å². The lowest BCUT2D eigenvalue weighted by Gasteiger charge is -2.32. The van der Waals surface area contributed by atoms with Gasteiger partial charge < -0.3 is 20.3 Å². The number of aromatic nitrogens is 1. The van der Waals surface area contributed by atoms with E-state index in [0.29, 0.717) is 11.7 Å². The number of carbonyl (C=O) groups is 1. The number of amides is 1. The molecule has 8 heteroatoms. The highest BCUT2D eigenvalue weighted by molar-refractivity contribution is 5.93. The molecule has 1 atom stereocenters. The first-order valence-electron chi connectivity index (χ1n) is 9.31. The van der Waals surface area contributed by atoms with Gasteiger partial charge in [-0.2, -0.15) is 0 Å². The van der Waals surface area contributed by atoms with Gasteiger partial charge in [-0.3, -0.25) is 14.7 Å². The number of morpholine rings is 1. The van der Waals surface area contributed by atoms with E-state index in [1.165, 1.54) is 0 Å². The van der Waals surface area contributed by atoms with Gasteiger partial charge in [-0.1, -0.05) is 0 Å². The average Bonchev–Trinajstić information content (AvgIpc) is 3.17. The van der Waals surface area contributed by atoms with E-state index in [1.54, 1.807) is 18.5 Å². The number of hydrogen-bond acceptors (Lipinski definition) is 5. The molecule has 0 spiro atoms. The molecular formula is C18H28N6O2. The van der Waals surface area contributed by atoms with Crippen LogP contribution in [0, 0.1) is 0 Å². The lowest BCUT2D eigenvalue weighted by Crippen LogP contribution is -2.46. The van der Waals surface area contributed by atoms with Gasteiger partial charge >= 0.3 is 0 Å². The summed E-state index contributed by atoms with van der Waals surface area (Å²) in [6, 6.07) is 4.14. The summed E-state index contributed by atoms with van der Waals surface area (Å²) < 4.78 is 5.45. The molecule has 2 aliphatic heterocycles. The third-order valence-corrected chi connectivity index (χ3v) is 4.68. The molecular weight excluding hydrogens is 332 g/mol. The van der Waals surface area contributed by atoms with Gasteiger partial charge in [-0.05, 0) is 25.5 Å². The van der Waals surface area contributed by atoms with Gasteiger partial charge in [0.1, 0.15) is 6.54 Å². The van der Waals surface area contributed by atoms with Gasteiger partial charge in [0.15, 0.2) is 5.96 Å². The highest BCUT2D eigenvalue weighted by Crippen LogP contribution is 2.17. The molecule has 1 amide bonds. The summed E-state index contributed by atoms with van der Waals surface area (Å²) in [6.45, 7) is 8.45. The van der Waals surface area contributed by atoms with Crippen molar-refractivity contribution in [2.75, 3.05) is 57.8 Å². The number of nitrogens with zero attached hydrogens (tertiary/aromatic N) is 4. The maximum absolute atomic E-state index is 12.1.